The summed E-state index contributed by atoms with van der Waals surface area (Å²) in [5.74, 6) is 0.755. The quantitative estimate of drug-likeness (QED) is 0.720. The summed E-state index contributed by atoms with van der Waals surface area (Å²) < 4.78 is 5.16. The first-order valence-corrected chi connectivity index (χ1v) is 5.92. The van der Waals surface area contributed by atoms with E-state index in [2.05, 4.69) is 9.97 Å². The first kappa shape index (κ1) is 11.9. The molecule has 3 aromatic rings. The Morgan fingerprint density at radius 1 is 1.30 bits per heavy atom. The molecule has 1 aromatic carbocycles. The summed E-state index contributed by atoms with van der Waals surface area (Å²) in [7, 11) is 0. The van der Waals surface area contributed by atoms with Gasteiger partial charge in [0.05, 0.1) is 22.7 Å². The van der Waals surface area contributed by atoms with Crippen molar-refractivity contribution in [2.45, 2.75) is 0 Å². The third-order valence-electron chi connectivity index (χ3n) is 2.82. The van der Waals surface area contributed by atoms with Crippen LogP contribution >= 0.6 is 0 Å². The van der Waals surface area contributed by atoms with Crippen LogP contribution in [0.25, 0.3) is 22.6 Å². The fraction of sp³-hybridized carbons (Fsp3) is 0. The lowest BCUT2D eigenvalue weighted by Crippen LogP contribution is -2.11. The molecule has 0 spiro atoms. The number of fused-ring (bicyclic) bond motifs is 1. The topological polar surface area (TPSA) is 82.7 Å². The zero-order valence-corrected chi connectivity index (χ0v) is 10.3. The highest BCUT2D eigenvalue weighted by atomic mass is 16.3. The van der Waals surface area contributed by atoms with Gasteiger partial charge in [0, 0.05) is 6.08 Å². The second kappa shape index (κ2) is 4.86. The smallest absolute Gasteiger partial charge is 0.259 e. The Labute approximate surface area is 113 Å². The van der Waals surface area contributed by atoms with E-state index in [-0.39, 0.29) is 17.0 Å². The van der Waals surface area contributed by atoms with E-state index < -0.39 is 0 Å². The fourth-order valence-electron chi connectivity index (χ4n) is 1.88. The molecule has 0 fully saturated rings. The van der Waals surface area contributed by atoms with Gasteiger partial charge in [-0.25, -0.2) is 4.98 Å². The molecule has 0 aliphatic rings. The van der Waals surface area contributed by atoms with Gasteiger partial charge in [-0.2, -0.15) is 5.26 Å². The van der Waals surface area contributed by atoms with Gasteiger partial charge in [-0.1, -0.05) is 12.1 Å². The molecule has 2 aromatic heterocycles. The number of benzene rings is 1. The number of furan rings is 1. The maximum absolute atomic E-state index is 12.0. The summed E-state index contributed by atoms with van der Waals surface area (Å²) in [6.45, 7) is 0. The van der Waals surface area contributed by atoms with Gasteiger partial charge in [0.25, 0.3) is 5.56 Å². The van der Waals surface area contributed by atoms with E-state index in [1.165, 1.54) is 12.3 Å². The van der Waals surface area contributed by atoms with Gasteiger partial charge >= 0.3 is 0 Å². The van der Waals surface area contributed by atoms with E-state index >= 15 is 0 Å². The zero-order valence-electron chi connectivity index (χ0n) is 10.3. The highest BCUT2D eigenvalue weighted by Gasteiger charge is 2.08. The van der Waals surface area contributed by atoms with Gasteiger partial charge in [-0.15, -0.1) is 0 Å². The molecule has 0 saturated heterocycles. The SMILES string of the molecule is N#C/C(=C/c1ccco1)c1nc2ccccc2c(=O)[nH]1. The minimum Gasteiger partial charge on any atom is -0.465 e. The molecule has 3 rings (SSSR count). The van der Waals surface area contributed by atoms with Crippen LogP contribution in [0.15, 0.2) is 51.9 Å². The van der Waals surface area contributed by atoms with Crippen LogP contribution in [0.2, 0.25) is 0 Å². The minimum atomic E-state index is -0.272. The van der Waals surface area contributed by atoms with Crippen molar-refractivity contribution in [2.24, 2.45) is 0 Å². The van der Waals surface area contributed by atoms with E-state index in [0.717, 1.165) is 0 Å². The predicted octanol–water partition coefficient (Wildman–Crippen LogP) is 2.58. The number of H-pyrrole nitrogens is 1. The Morgan fingerprint density at radius 2 is 2.15 bits per heavy atom. The van der Waals surface area contributed by atoms with Crippen LogP contribution in [0.4, 0.5) is 0 Å². The Hall–Kier alpha value is -3.13. The van der Waals surface area contributed by atoms with Crippen LogP contribution in [0.5, 0.6) is 0 Å². The normalized spacial score (nSPS) is 11.4. The summed E-state index contributed by atoms with van der Waals surface area (Å²) in [5.41, 5.74) is 0.515. The van der Waals surface area contributed by atoms with Crippen molar-refractivity contribution >= 4 is 22.6 Å². The number of nitriles is 1. The number of aromatic amines is 1. The molecule has 0 aliphatic carbocycles. The largest absolute Gasteiger partial charge is 0.465 e. The molecule has 0 amide bonds. The molecule has 0 unspecified atom stereocenters. The number of hydrogen-bond donors (Lipinski definition) is 1. The maximum Gasteiger partial charge on any atom is 0.259 e. The first-order chi connectivity index (χ1) is 9.78. The maximum atomic E-state index is 12.0. The fourth-order valence-corrected chi connectivity index (χ4v) is 1.88. The van der Waals surface area contributed by atoms with E-state index in [1.54, 1.807) is 36.4 Å². The summed E-state index contributed by atoms with van der Waals surface area (Å²) in [4.78, 5) is 18.9. The number of aromatic nitrogens is 2. The molecule has 0 radical (unpaired) electrons. The number of nitrogens with zero attached hydrogens (tertiary/aromatic N) is 2. The lowest BCUT2D eigenvalue weighted by molar-refractivity contribution is 0.557. The average molecular weight is 263 g/mol. The molecular formula is C15H9N3O2. The molecule has 0 saturated carbocycles. The van der Waals surface area contributed by atoms with Crippen molar-refractivity contribution in [3.63, 3.8) is 0 Å². The van der Waals surface area contributed by atoms with Crippen LogP contribution in [0.1, 0.15) is 11.6 Å². The van der Waals surface area contributed by atoms with Crippen molar-refractivity contribution in [2.75, 3.05) is 0 Å². The average Bonchev–Trinajstić information content (AvgIpc) is 2.97. The van der Waals surface area contributed by atoms with Crippen LogP contribution in [-0.4, -0.2) is 9.97 Å². The highest BCUT2D eigenvalue weighted by molar-refractivity contribution is 5.88. The lowest BCUT2D eigenvalue weighted by atomic mass is 10.2. The summed E-state index contributed by atoms with van der Waals surface area (Å²) in [5, 5.41) is 9.71. The molecule has 2 heterocycles. The van der Waals surface area contributed by atoms with Gasteiger partial charge < -0.3 is 9.40 Å². The van der Waals surface area contributed by atoms with Crippen LogP contribution in [0, 0.1) is 11.3 Å². The number of para-hydroxylation sites is 1. The highest BCUT2D eigenvalue weighted by Crippen LogP contribution is 2.15. The van der Waals surface area contributed by atoms with Gasteiger partial charge in [0.1, 0.15) is 11.8 Å². The van der Waals surface area contributed by atoms with Gasteiger partial charge in [-0.3, -0.25) is 4.79 Å². The molecule has 96 valence electrons. The molecular weight excluding hydrogens is 254 g/mol. The third kappa shape index (κ3) is 2.10. The number of hydrogen-bond acceptors (Lipinski definition) is 4. The standard InChI is InChI=1S/C15H9N3O2/c16-9-10(8-11-4-3-7-20-11)14-17-13-6-2-1-5-12(13)15(19)18-14/h1-8H,(H,17,18,19)/b10-8-. The van der Waals surface area contributed by atoms with E-state index in [0.29, 0.717) is 16.7 Å². The zero-order chi connectivity index (χ0) is 13.9. The Bertz CT molecular complexity index is 883. The van der Waals surface area contributed by atoms with Crippen molar-refractivity contribution in [1.29, 1.82) is 5.26 Å². The van der Waals surface area contributed by atoms with Gasteiger partial charge in [-0.05, 0) is 24.3 Å². The van der Waals surface area contributed by atoms with Crippen molar-refractivity contribution in [3.8, 4) is 6.07 Å². The molecule has 0 bridgehead atoms. The molecule has 5 nitrogen and oxygen atoms in total. The van der Waals surface area contributed by atoms with Crippen LogP contribution in [0.3, 0.4) is 0 Å². The second-order valence-corrected chi connectivity index (χ2v) is 4.12. The van der Waals surface area contributed by atoms with E-state index in [4.69, 9.17) is 4.42 Å². The van der Waals surface area contributed by atoms with E-state index in [9.17, 15) is 10.1 Å². The summed E-state index contributed by atoms with van der Waals surface area (Å²) in [6.07, 6.45) is 3.05. The molecule has 20 heavy (non-hydrogen) atoms. The van der Waals surface area contributed by atoms with E-state index in [1.807, 2.05) is 6.07 Å². The molecule has 0 aliphatic heterocycles. The van der Waals surface area contributed by atoms with Crippen molar-refractivity contribution in [3.05, 3.63) is 64.6 Å². The Kier molecular flexibility index (Phi) is 2.90. The van der Waals surface area contributed by atoms with Crippen LogP contribution in [-0.2, 0) is 0 Å². The Balaban J connectivity index is 2.19. The predicted molar refractivity (Wildman–Crippen MR) is 74.6 cm³/mol. The van der Waals surface area contributed by atoms with Crippen molar-refractivity contribution < 1.29 is 4.42 Å². The first-order valence-electron chi connectivity index (χ1n) is 5.92. The number of allylic oxidation sites excluding steroid dienone is 1. The van der Waals surface area contributed by atoms with Gasteiger partial charge in [0.2, 0.25) is 0 Å². The minimum absolute atomic E-state index is 0.229. The molecule has 1 N–H and O–H groups in total. The summed E-state index contributed by atoms with van der Waals surface area (Å²) in [6, 6.07) is 12.4. The third-order valence-corrected chi connectivity index (χ3v) is 2.82. The Morgan fingerprint density at radius 3 is 2.90 bits per heavy atom. The molecule has 5 heteroatoms. The number of nitrogens with one attached hydrogen (secondary N) is 1. The second-order valence-electron chi connectivity index (χ2n) is 4.12. The summed E-state index contributed by atoms with van der Waals surface area (Å²) >= 11 is 0. The van der Waals surface area contributed by atoms with Crippen LogP contribution < -0.4 is 5.56 Å². The monoisotopic (exact) mass is 263 g/mol. The number of rotatable bonds is 2. The molecule has 0 atom stereocenters. The lowest BCUT2D eigenvalue weighted by Gasteiger charge is -2.01. The van der Waals surface area contributed by atoms with Crippen molar-refractivity contribution in [1.82, 2.24) is 9.97 Å². The van der Waals surface area contributed by atoms with Gasteiger partial charge in [0.15, 0.2) is 5.82 Å².